The third kappa shape index (κ3) is 76.1. The van der Waals surface area contributed by atoms with E-state index in [1.165, 1.54) is 0 Å². The van der Waals surface area contributed by atoms with Crippen LogP contribution in [0.3, 0.4) is 0 Å². The molecule has 0 rings (SSSR count). The Balaban J connectivity index is -0.0000000704. The molecule has 0 aromatic carbocycles. The molecule has 0 aromatic rings. The van der Waals surface area contributed by atoms with Gasteiger partial charge in [0.1, 0.15) is 6.29 Å². The Hall–Kier alpha value is -1.10. The van der Waals surface area contributed by atoms with E-state index in [1.54, 1.807) is 7.05 Å². The van der Waals surface area contributed by atoms with Crippen LogP contribution in [0.2, 0.25) is 0 Å². The first-order valence-electron chi connectivity index (χ1n) is 5.80. The number of likely N-dealkylation sites (N-methyl/N-ethyl adjacent to an activating group) is 1. The third-order valence-corrected chi connectivity index (χ3v) is 0.837. The Bertz CT molecular complexity index is 120. The molecule has 0 heterocycles. The predicted octanol–water partition coefficient (Wildman–Crippen LogP) is 1.52. The zero-order chi connectivity index (χ0) is 13.8. The minimum absolute atomic E-state index is 0.443. The van der Waals surface area contributed by atoms with Crippen LogP contribution >= 0.6 is 0 Å². The molecule has 0 unspecified atom stereocenters. The average Bonchev–Trinajstić information content (AvgIpc) is 2.33. The lowest BCUT2D eigenvalue weighted by Gasteiger charge is -1.93. The fourth-order valence-electron chi connectivity index (χ4n) is 0.332. The van der Waals surface area contributed by atoms with Gasteiger partial charge in [-0.05, 0) is 13.5 Å². The van der Waals surface area contributed by atoms with Crippen molar-refractivity contribution in [3.63, 3.8) is 0 Å². The maximum atomic E-state index is 9.87. The third-order valence-electron chi connectivity index (χ3n) is 0.837. The van der Waals surface area contributed by atoms with Gasteiger partial charge in [-0.25, -0.2) is 4.79 Å². The SMILES string of the molecule is CC.CC.CCCNC(N)=O.CNCC=O. The fourth-order valence-corrected chi connectivity index (χ4v) is 0.332. The van der Waals surface area contributed by atoms with Gasteiger partial charge in [-0.15, -0.1) is 0 Å². The van der Waals surface area contributed by atoms with Crippen LogP contribution in [-0.2, 0) is 4.79 Å². The number of hydrogen-bond donors (Lipinski definition) is 3. The van der Waals surface area contributed by atoms with Crippen LogP contribution in [-0.4, -0.2) is 32.5 Å². The molecule has 0 atom stereocenters. The molecule has 0 spiro atoms. The summed E-state index contributed by atoms with van der Waals surface area (Å²) in [5.74, 6) is 0. The number of carbonyl (C=O) groups excluding carboxylic acids is 2. The topological polar surface area (TPSA) is 84.2 Å². The van der Waals surface area contributed by atoms with Crippen LogP contribution in [0.15, 0.2) is 0 Å². The van der Waals surface area contributed by atoms with Crippen LogP contribution in [0, 0.1) is 0 Å². The summed E-state index contributed by atoms with van der Waals surface area (Å²) in [6.07, 6.45) is 1.75. The first-order chi connectivity index (χ1) is 7.68. The molecule has 0 radical (unpaired) electrons. The maximum absolute atomic E-state index is 9.87. The standard InChI is InChI=1S/C4H10N2O.C3H7NO.2C2H6/c1-2-3-6-4(5)7;1-4-2-3-5;2*1-2/h2-3H2,1H3,(H3,5,6,7);3-4H,2H2,1H3;2*1-2H3. The van der Waals surface area contributed by atoms with Crippen molar-refractivity contribution in [3.05, 3.63) is 0 Å². The number of carbonyl (C=O) groups is 2. The van der Waals surface area contributed by atoms with Crippen molar-refractivity contribution < 1.29 is 9.59 Å². The molecule has 100 valence electrons. The van der Waals surface area contributed by atoms with Gasteiger partial charge in [-0.1, -0.05) is 34.6 Å². The van der Waals surface area contributed by atoms with Crippen molar-refractivity contribution in [2.24, 2.45) is 5.73 Å². The van der Waals surface area contributed by atoms with Gasteiger partial charge in [0.15, 0.2) is 0 Å². The van der Waals surface area contributed by atoms with Crippen molar-refractivity contribution >= 4 is 12.3 Å². The Morgan fingerprint density at radius 1 is 1.25 bits per heavy atom. The summed E-state index contributed by atoms with van der Waals surface area (Å²) in [5.41, 5.74) is 4.73. The summed E-state index contributed by atoms with van der Waals surface area (Å²) in [6.45, 7) is 11.1. The van der Waals surface area contributed by atoms with Gasteiger partial charge in [0, 0.05) is 6.54 Å². The van der Waals surface area contributed by atoms with E-state index in [0.717, 1.165) is 12.7 Å². The van der Waals surface area contributed by atoms with Crippen LogP contribution in [0.25, 0.3) is 0 Å². The van der Waals surface area contributed by atoms with E-state index in [-0.39, 0.29) is 0 Å². The largest absolute Gasteiger partial charge is 0.352 e. The zero-order valence-corrected chi connectivity index (χ0v) is 11.6. The van der Waals surface area contributed by atoms with Gasteiger partial charge in [0.05, 0.1) is 6.54 Å². The second kappa shape index (κ2) is 37.1. The Morgan fingerprint density at radius 3 is 1.75 bits per heavy atom. The van der Waals surface area contributed by atoms with Gasteiger partial charge in [0.2, 0.25) is 0 Å². The van der Waals surface area contributed by atoms with Crippen molar-refractivity contribution in [3.8, 4) is 0 Å². The molecule has 2 amide bonds. The highest BCUT2D eigenvalue weighted by Crippen LogP contribution is 1.66. The highest BCUT2D eigenvalue weighted by atomic mass is 16.2. The van der Waals surface area contributed by atoms with E-state index in [9.17, 15) is 9.59 Å². The molecule has 0 aliphatic rings. The van der Waals surface area contributed by atoms with E-state index in [1.807, 2.05) is 34.6 Å². The van der Waals surface area contributed by atoms with Gasteiger partial charge in [-0.3, -0.25) is 0 Å². The number of nitrogens with one attached hydrogen (secondary N) is 2. The van der Waals surface area contributed by atoms with Crippen molar-refractivity contribution in [2.45, 2.75) is 41.0 Å². The van der Waals surface area contributed by atoms with Crippen LogP contribution in [0.4, 0.5) is 4.79 Å². The smallest absolute Gasteiger partial charge is 0.312 e. The predicted molar refractivity (Wildman–Crippen MR) is 70.6 cm³/mol. The van der Waals surface area contributed by atoms with Crippen molar-refractivity contribution in [1.82, 2.24) is 10.6 Å². The second-order valence-electron chi connectivity index (χ2n) is 2.02. The molecule has 0 aliphatic carbocycles. The monoisotopic (exact) mass is 235 g/mol. The lowest BCUT2D eigenvalue weighted by atomic mass is 10.5. The molecule has 0 aromatic heterocycles. The van der Waals surface area contributed by atoms with Gasteiger partial charge in [-0.2, -0.15) is 0 Å². The van der Waals surface area contributed by atoms with Crippen LogP contribution in [0.5, 0.6) is 0 Å². The summed E-state index contributed by atoms with van der Waals surface area (Å²) in [4.78, 5) is 19.2. The fraction of sp³-hybridized carbons (Fsp3) is 0.818. The number of aldehydes is 1. The summed E-state index contributed by atoms with van der Waals surface area (Å²) in [7, 11) is 1.73. The molecular formula is C11H29N3O2. The Morgan fingerprint density at radius 2 is 1.69 bits per heavy atom. The average molecular weight is 235 g/mol. The quantitative estimate of drug-likeness (QED) is 0.646. The molecule has 0 saturated carbocycles. The molecule has 0 fully saturated rings. The zero-order valence-electron chi connectivity index (χ0n) is 11.6. The molecule has 16 heavy (non-hydrogen) atoms. The lowest BCUT2D eigenvalue weighted by Crippen LogP contribution is -2.29. The molecule has 5 nitrogen and oxygen atoms in total. The molecular weight excluding hydrogens is 206 g/mol. The number of urea groups is 1. The van der Waals surface area contributed by atoms with E-state index < -0.39 is 6.03 Å². The van der Waals surface area contributed by atoms with Gasteiger partial charge in [0.25, 0.3) is 0 Å². The summed E-state index contributed by atoms with van der Waals surface area (Å²) in [5, 5.41) is 5.08. The van der Waals surface area contributed by atoms with Gasteiger partial charge < -0.3 is 21.2 Å². The van der Waals surface area contributed by atoms with Crippen LogP contribution < -0.4 is 16.4 Å². The highest BCUT2D eigenvalue weighted by Gasteiger charge is 1.83. The summed E-state index contributed by atoms with van der Waals surface area (Å²) >= 11 is 0. The normalized spacial score (nSPS) is 6.62. The van der Waals surface area contributed by atoms with Crippen molar-refractivity contribution in [1.29, 1.82) is 0 Å². The first-order valence-corrected chi connectivity index (χ1v) is 5.80. The highest BCUT2D eigenvalue weighted by molar-refractivity contribution is 5.71. The number of amides is 2. The molecule has 4 N–H and O–H groups in total. The van der Waals surface area contributed by atoms with E-state index in [0.29, 0.717) is 13.1 Å². The maximum Gasteiger partial charge on any atom is 0.312 e. The molecule has 0 saturated heterocycles. The number of hydrogen-bond acceptors (Lipinski definition) is 3. The second-order valence-corrected chi connectivity index (χ2v) is 2.02. The van der Waals surface area contributed by atoms with E-state index in [4.69, 9.17) is 5.73 Å². The minimum Gasteiger partial charge on any atom is -0.352 e. The number of rotatable bonds is 4. The number of nitrogens with two attached hydrogens (primary N) is 1. The Labute approximate surface area is 100 Å². The first kappa shape index (κ1) is 24.2. The van der Waals surface area contributed by atoms with Crippen LogP contribution in [0.1, 0.15) is 41.0 Å². The van der Waals surface area contributed by atoms with E-state index in [2.05, 4.69) is 10.6 Å². The Kier molecular flexibility index (Phi) is 56.1. The molecule has 0 aliphatic heterocycles. The molecule has 5 heteroatoms. The lowest BCUT2D eigenvalue weighted by molar-refractivity contribution is -0.107. The van der Waals surface area contributed by atoms with Crippen molar-refractivity contribution in [2.75, 3.05) is 20.1 Å². The number of primary amides is 1. The molecule has 0 bridgehead atoms. The summed E-state index contributed by atoms with van der Waals surface area (Å²) in [6, 6.07) is -0.443. The summed E-state index contributed by atoms with van der Waals surface area (Å²) < 4.78 is 0. The minimum atomic E-state index is -0.443. The van der Waals surface area contributed by atoms with E-state index >= 15 is 0 Å². The van der Waals surface area contributed by atoms with Gasteiger partial charge >= 0.3 is 6.03 Å².